The molecule has 0 aromatic carbocycles. The first-order chi connectivity index (χ1) is 12.8. The van der Waals surface area contributed by atoms with E-state index in [4.69, 9.17) is 20.3 Å². The van der Waals surface area contributed by atoms with E-state index in [0.29, 0.717) is 0 Å². The van der Waals surface area contributed by atoms with Crippen molar-refractivity contribution in [1.82, 2.24) is 9.97 Å². The highest BCUT2D eigenvalue weighted by Crippen LogP contribution is 2.36. The number of ketones is 1. The zero-order chi connectivity index (χ0) is 19.9. The van der Waals surface area contributed by atoms with Gasteiger partial charge < -0.3 is 19.2 Å². The van der Waals surface area contributed by atoms with Gasteiger partial charge in [-0.2, -0.15) is 0 Å². The lowest BCUT2D eigenvalue weighted by atomic mass is 9.88. The van der Waals surface area contributed by atoms with Crippen LogP contribution >= 0.6 is 0 Å². The van der Waals surface area contributed by atoms with Crippen LogP contribution in [0.1, 0.15) is 42.6 Å². The third kappa shape index (κ3) is 2.67. The van der Waals surface area contributed by atoms with Gasteiger partial charge in [-0.05, 0) is 12.1 Å². The Hall–Kier alpha value is -3.82. The van der Waals surface area contributed by atoms with Crippen molar-refractivity contribution >= 4 is 29.3 Å². The van der Waals surface area contributed by atoms with Crippen molar-refractivity contribution in [3.63, 3.8) is 0 Å². The number of carbonyl (C=O) groups excluding carboxylic acids is 3. The van der Waals surface area contributed by atoms with Crippen molar-refractivity contribution in [1.29, 1.82) is 10.8 Å². The van der Waals surface area contributed by atoms with E-state index >= 15 is 0 Å². The van der Waals surface area contributed by atoms with Crippen molar-refractivity contribution in [2.24, 2.45) is 0 Å². The Labute approximate surface area is 152 Å². The second-order valence-corrected chi connectivity index (χ2v) is 5.47. The lowest BCUT2D eigenvalue weighted by molar-refractivity contribution is 0.0589. The predicted octanol–water partition coefficient (Wildman–Crippen LogP) is 1.19. The summed E-state index contributed by atoms with van der Waals surface area (Å²) < 4.78 is 14.2. The molecule has 3 rings (SSSR count). The summed E-state index contributed by atoms with van der Waals surface area (Å²) in [5, 5.41) is 15.9. The van der Waals surface area contributed by atoms with Gasteiger partial charge in [0.05, 0.1) is 38.2 Å². The molecule has 1 aliphatic carbocycles. The fraction of sp³-hybridized carbons (Fsp3) is 0.176. The second kappa shape index (κ2) is 6.48. The smallest absolute Gasteiger partial charge is 0.354 e. The number of aromatic nitrogens is 2. The van der Waals surface area contributed by atoms with Gasteiger partial charge >= 0.3 is 11.9 Å². The summed E-state index contributed by atoms with van der Waals surface area (Å²) in [6.45, 7) is 0. The zero-order valence-electron chi connectivity index (χ0n) is 14.6. The second-order valence-electron chi connectivity index (χ2n) is 5.47. The molecular weight excluding hydrogens is 356 g/mol. The topological polar surface area (TPSA) is 155 Å². The molecule has 138 valence electrons. The molecular formula is C17H14N4O6. The molecule has 10 heteroatoms. The van der Waals surface area contributed by atoms with Crippen molar-refractivity contribution in [3.8, 4) is 11.3 Å². The average molecular weight is 370 g/mol. The standard InChI is InChI=1S/C17H14N4O6/c1-25-15(19)8-4-6(16(23)26-2)10-12-7(5-9(21-12)17(24)27-3)14(22)11(18)13(10)20-8/h4-5,18-19,21H,1-3H3. The molecule has 0 saturated carbocycles. The zero-order valence-corrected chi connectivity index (χ0v) is 14.6. The van der Waals surface area contributed by atoms with E-state index in [2.05, 4.69) is 14.7 Å². The molecule has 0 unspecified atom stereocenters. The van der Waals surface area contributed by atoms with Crippen molar-refractivity contribution in [2.75, 3.05) is 21.3 Å². The number of fused-ring (bicyclic) bond motifs is 3. The number of H-pyrrole nitrogens is 1. The van der Waals surface area contributed by atoms with Crippen LogP contribution in [-0.2, 0) is 14.2 Å². The van der Waals surface area contributed by atoms with Gasteiger partial charge in [0.1, 0.15) is 22.8 Å². The molecule has 0 saturated heterocycles. The molecule has 27 heavy (non-hydrogen) atoms. The van der Waals surface area contributed by atoms with Crippen LogP contribution in [0.25, 0.3) is 11.3 Å². The van der Waals surface area contributed by atoms with E-state index in [-0.39, 0.29) is 45.4 Å². The van der Waals surface area contributed by atoms with Gasteiger partial charge in [0.25, 0.3) is 0 Å². The van der Waals surface area contributed by atoms with Crippen LogP contribution < -0.4 is 0 Å². The molecule has 0 spiro atoms. The largest absolute Gasteiger partial charge is 0.480 e. The molecule has 0 bridgehead atoms. The first-order valence-corrected chi connectivity index (χ1v) is 7.55. The SMILES string of the molecule is COC(=N)c1cc(C(=O)OC)c2c(n1)C(=N)C(=O)c1cc(C(=O)OC)[nH]c1-2. The third-order valence-electron chi connectivity index (χ3n) is 4.04. The maximum Gasteiger partial charge on any atom is 0.354 e. The Bertz CT molecular complexity index is 1040. The number of hydrogen-bond acceptors (Lipinski definition) is 9. The normalized spacial score (nSPS) is 12.1. The first kappa shape index (κ1) is 18.0. The van der Waals surface area contributed by atoms with Crippen LogP contribution in [0.5, 0.6) is 0 Å². The number of Topliss-reactive ketones (excluding diaryl/α,β-unsaturated/α-hetero) is 1. The molecule has 1 aliphatic rings. The molecule has 2 aromatic rings. The molecule has 0 radical (unpaired) electrons. The Morgan fingerprint density at radius 1 is 1.07 bits per heavy atom. The van der Waals surface area contributed by atoms with Crippen molar-refractivity contribution in [3.05, 3.63) is 40.3 Å². The van der Waals surface area contributed by atoms with Gasteiger partial charge in [0.2, 0.25) is 11.7 Å². The van der Waals surface area contributed by atoms with E-state index in [0.717, 1.165) is 0 Å². The molecule has 2 heterocycles. The highest BCUT2D eigenvalue weighted by Gasteiger charge is 2.36. The summed E-state index contributed by atoms with van der Waals surface area (Å²) in [6, 6.07) is 2.52. The molecule has 0 fully saturated rings. The van der Waals surface area contributed by atoms with Crippen LogP contribution in [0.3, 0.4) is 0 Å². The molecule has 2 aromatic heterocycles. The number of pyridine rings is 1. The Morgan fingerprint density at radius 3 is 2.33 bits per heavy atom. The number of carbonyl (C=O) groups is 3. The lowest BCUT2D eigenvalue weighted by Crippen LogP contribution is -2.25. The summed E-state index contributed by atoms with van der Waals surface area (Å²) in [7, 11) is 3.61. The number of hydrogen-bond donors (Lipinski definition) is 3. The van der Waals surface area contributed by atoms with Crippen molar-refractivity contribution in [2.45, 2.75) is 0 Å². The van der Waals surface area contributed by atoms with Gasteiger partial charge in [0, 0.05) is 5.56 Å². The van der Waals surface area contributed by atoms with Crippen LogP contribution in [0.15, 0.2) is 12.1 Å². The Morgan fingerprint density at radius 2 is 1.74 bits per heavy atom. The fourth-order valence-corrected chi connectivity index (χ4v) is 2.76. The summed E-state index contributed by atoms with van der Waals surface area (Å²) in [5.41, 5.74) is -0.378. The molecule has 0 amide bonds. The molecule has 0 atom stereocenters. The van der Waals surface area contributed by atoms with Gasteiger partial charge in [0.15, 0.2) is 0 Å². The van der Waals surface area contributed by atoms with E-state index in [1.807, 2.05) is 0 Å². The van der Waals surface area contributed by atoms with Crippen molar-refractivity contribution < 1.29 is 28.6 Å². The number of nitrogens with one attached hydrogen (secondary N) is 3. The Balaban J connectivity index is 2.37. The minimum Gasteiger partial charge on any atom is -0.480 e. The van der Waals surface area contributed by atoms with E-state index in [1.165, 1.54) is 33.5 Å². The number of nitrogens with zero attached hydrogens (tertiary/aromatic N) is 1. The van der Waals surface area contributed by atoms with Crippen LogP contribution in [-0.4, -0.2) is 60.6 Å². The highest BCUT2D eigenvalue weighted by atomic mass is 16.5. The average Bonchev–Trinajstić information content (AvgIpc) is 3.14. The monoisotopic (exact) mass is 370 g/mol. The van der Waals surface area contributed by atoms with Crippen LogP contribution in [0.4, 0.5) is 0 Å². The van der Waals surface area contributed by atoms with Gasteiger partial charge in [-0.1, -0.05) is 0 Å². The number of ether oxygens (including phenoxy) is 3. The van der Waals surface area contributed by atoms with Gasteiger partial charge in [-0.25, -0.2) is 14.6 Å². The number of rotatable bonds is 3. The predicted molar refractivity (Wildman–Crippen MR) is 91.7 cm³/mol. The van der Waals surface area contributed by atoms with E-state index < -0.39 is 23.4 Å². The van der Waals surface area contributed by atoms with Crippen LogP contribution in [0.2, 0.25) is 0 Å². The Kier molecular flexibility index (Phi) is 4.32. The quantitative estimate of drug-likeness (QED) is 0.416. The van der Waals surface area contributed by atoms with Gasteiger partial charge in [-0.3, -0.25) is 15.6 Å². The first-order valence-electron chi connectivity index (χ1n) is 7.55. The third-order valence-corrected chi connectivity index (χ3v) is 4.04. The maximum absolute atomic E-state index is 12.6. The summed E-state index contributed by atoms with van der Waals surface area (Å²) in [6.07, 6.45) is 0. The van der Waals surface area contributed by atoms with Gasteiger partial charge in [-0.15, -0.1) is 0 Å². The number of methoxy groups -OCH3 is 3. The lowest BCUT2D eigenvalue weighted by Gasteiger charge is -2.19. The molecule has 3 N–H and O–H groups in total. The minimum atomic E-state index is -0.763. The summed E-state index contributed by atoms with van der Waals surface area (Å²) in [4.78, 5) is 43.6. The van der Waals surface area contributed by atoms with E-state index in [1.54, 1.807) is 0 Å². The fourth-order valence-electron chi connectivity index (χ4n) is 2.76. The minimum absolute atomic E-state index is 0.0129. The maximum atomic E-state index is 12.6. The molecule has 0 aliphatic heterocycles. The van der Waals surface area contributed by atoms with E-state index in [9.17, 15) is 14.4 Å². The number of esters is 2. The summed E-state index contributed by atoms with van der Waals surface area (Å²) in [5.74, 6) is -2.51. The number of aromatic amines is 1. The summed E-state index contributed by atoms with van der Waals surface area (Å²) >= 11 is 0. The molecule has 10 nitrogen and oxygen atoms in total. The van der Waals surface area contributed by atoms with Crippen LogP contribution in [0, 0.1) is 10.8 Å². The highest BCUT2D eigenvalue weighted by molar-refractivity contribution is 6.53.